The Balaban J connectivity index is 1.85. The van der Waals surface area contributed by atoms with Gasteiger partial charge in [-0.3, -0.25) is 0 Å². The van der Waals surface area contributed by atoms with Crippen LogP contribution >= 0.6 is 0 Å². The number of fused-ring (bicyclic) bond motifs is 3. The Hall–Kier alpha value is -0.120. The van der Waals surface area contributed by atoms with Gasteiger partial charge in [-0.05, 0) is 36.5 Å². The van der Waals surface area contributed by atoms with Gasteiger partial charge < -0.3 is 15.5 Å². The number of rotatable bonds is 0. The third-order valence-electron chi connectivity index (χ3n) is 5.09. The molecular formula is C10H15NO2. The van der Waals surface area contributed by atoms with Crippen molar-refractivity contribution in [2.75, 3.05) is 0 Å². The molecule has 0 spiro atoms. The van der Waals surface area contributed by atoms with Crippen molar-refractivity contribution in [1.82, 2.24) is 5.32 Å². The molecule has 0 amide bonds. The molecular weight excluding hydrogens is 166 g/mol. The van der Waals surface area contributed by atoms with E-state index in [1.54, 1.807) is 0 Å². The number of hydrogen-bond acceptors (Lipinski definition) is 3. The van der Waals surface area contributed by atoms with E-state index in [9.17, 15) is 10.2 Å². The maximum Gasteiger partial charge on any atom is 0.0727 e. The van der Waals surface area contributed by atoms with E-state index in [2.05, 4.69) is 5.32 Å². The molecule has 4 aliphatic rings. The van der Waals surface area contributed by atoms with Crippen molar-refractivity contribution in [3.63, 3.8) is 0 Å². The van der Waals surface area contributed by atoms with Gasteiger partial charge in [-0.1, -0.05) is 0 Å². The van der Waals surface area contributed by atoms with Crippen LogP contribution in [0, 0.1) is 23.7 Å². The van der Waals surface area contributed by atoms with Crippen molar-refractivity contribution in [3.05, 3.63) is 0 Å². The van der Waals surface area contributed by atoms with Crippen molar-refractivity contribution in [2.45, 2.75) is 37.1 Å². The van der Waals surface area contributed by atoms with Crippen molar-refractivity contribution in [2.24, 2.45) is 23.7 Å². The monoisotopic (exact) mass is 181 g/mol. The van der Waals surface area contributed by atoms with Gasteiger partial charge in [-0.25, -0.2) is 0 Å². The van der Waals surface area contributed by atoms with E-state index < -0.39 is 0 Å². The summed E-state index contributed by atoms with van der Waals surface area (Å²) in [5, 5.41) is 23.4. The lowest BCUT2D eigenvalue weighted by Crippen LogP contribution is -2.58. The van der Waals surface area contributed by atoms with E-state index in [0.717, 1.165) is 12.8 Å². The highest BCUT2D eigenvalue weighted by atomic mass is 16.3. The Kier molecular flexibility index (Phi) is 1.08. The molecule has 13 heavy (non-hydrogen) atoms. The zero-order chi connectivity index (χ0) is 8.74. The highest BCUT2D eigenvalue weighted by molar-refractivity contribution is 5.20. The summed E-state index contributed by atoms with van der Waals surface area (Å²) in [6, 6.07) is 0.596. The molecule has 0 aromatic carbocycles. The van der Waals surface area contributed by atoms with Crippen molar-refractivity contribution in [3.8, 4) is 0 Å². The highest BCUT2D eigenvalue weighted by Crippen LogP contribution is 2.61. The molecule has 4 bridgehead atoms. The van der Waals surface area contributed by atoms with Crippen LogP contribution in [-0.4, -0.2) is 34.5 Å². The molecule has 3 N–H and O–H groups in total. The maximum absolute atomic E-state index is 9.97. The summed E-state index contributed by atoms with van der Waals surface area (Å²) in [5.74, 6) is 2.20. The van der Waals surface area contributed by atoms with Crippen LogP contribution in [0.1, 0.15) is 12.8 Å². The Morgan fingerprint density at radius 1 is 0.923 bits per heavy atom. The van der Waals surface area contributed by atoms with Gasteiger partial charge in [0.1, 0.15) is 0 Å². The summed E-state index contributed by atoms with van der Waals surface area (Å²) in [4.78, 5) is 0. The molecule has 0 unspecified atom stereocenters. The number of nitrogens with one attached hydrogen (secondary N) is 1. The van der Waals surface area contributed by atoms with Gasteiger partial charge >= 0.3 is 0 Å². The van der Waals surface area contributed by atoms with Crippen molar-refractivity contribution in [1.29, 1.82) is 0 Å². The minimum Gasteiger partial charge on any atom is -0.391 e. The molecule has 72 valence electrons. The van der Waals surface area contributed by atoms with Crippen LogP contribution in [0.25, 0.3) is 0 Å². The molecule has 0 aromatic rings. The summed E-state index contributed by atoms with van der Waals surface area (Å²) >= 11 is 0. The lowest BCUT2D eigenvalue weighted by atomic mass is 9.76. The summed E-state index contributed by atoms with van der Waals surface area (Å²) < 4.78 is 0. The second kappa shape index (κ2) is 1.95. The van der Waals surface area contributed by atoms with Crippen LogP contribution in [0.3, 0.4) is 0 Å². The van der Waals surface area contributed by atoms with E-state index in [-0.39, 0.29) is 18.2 Å². The molecule has 4 fully saturated rings. The maximum atomic E-state index is 9.97. The topological polar surface area (TPSA) is 52.5 Å². The van der Waals surface area contributed by atoms with Gasteiger partial charge in [0.2, 0.25) is 0 Å². The molecule has 3 heteroatoms. The fourth-order valence-electron chi connectivity index (χ4n) is 4.72. The number of aliphatic hydroxyl groups excluding tert-OH is 2. The predicted molar refractivity (Wildman–Crippen MR) is 45.9 cm³/mol. The normalized spacial score (nSPS) is 72.5. The number of hydrogen-bond donors (Lipinski definition) is 3. The zero-order valence-corrected chi connectivity index (χ0v) is 7.43. The van der Waals surface area contributed by atoms with Gasteiger partial charge in [0, 0.05) is 12.1 Å². The third-order valence-corrected chi connectivity index (χ3v) is 5.09. The van der Waals surface area contributed by atoms with E-state index in [4.69, 9.17) is 0 Å². The molecule has 3 nitrogen and oxygen atoms in total. The van der Waals surface area contributed by atoms with Gasteiger partial charge in [-0.2, -0.15) is 0 Å². The quantitative estimate of drug-likeness (QED) is 0.465. The first-order valence-electron chi connectivity index (χ1n) is 5.39. The van der Waals surface area contributed by atoms with Crippen LogP contribution in [0.2, 0.25) is 0 Å². The Bertz CT molecular complexity index is 262. The molecule has 1 aliphatic heterocycles. The number of piperidine rings is 1. The van der Waals surface area contributed by atoms with Gasteiger partial charge in [0.25, 0.3) is 0 Å². The second-order valence-corrected chi connectivity index (χ2v) is 5.32. The van der Waals surface area contributed by atoms with Gasteiger partial charge in [0.15, 0.2) is 0 Å². The van der Waals surface area contributed by atoms with E-state index in [1.165, 1.54) is 0 Å². The fraction of sp³-hybridized carbons (Fsp3) is 1.00. The largest absolute Gasteiger partial charge is 0.391 e. The highest BCUT2D eigenvalue weighted by Gasteiger charge is 2.67. The molecule has 1 heterocycles. The smallest absolute Gasteiger partial charge is 0.0727 e. The van der Waals surface area contributed by atoms with Crippen molar-refractivity contribution < 1.29 is 10.2 Å². The van der Waals surface area contributed by atoms with Gasteiger partial charge in [0.05, 0.1) is 12.2 Å². The minimum atomic E-state index is -0.122. The summed E-state index contributed by atoms with van der Waals surface area (Å²) in [6.07, 6.45) is 2.01. The fourth-order valence-corrected chi connectivity index (χ4v) is 4.72. The average molecular weight is 181 g/mol. The Labute approximate surface area is 77.1 Å². The average Bonchev–Trinajstić information content (AvgIpc) is 2.60. The molecule has 3 saturated carbocycles. The van der Waals surface area contributed by atoms with Crippen LogP contribution in [0.5, 0.6) is 0 Å². The second-order valence-electron chi connectivity index (χ2n) is 5.32. The van der Waals surface area contributed by atoms with Crippen LogP contribution in [0.15, 0.2) is 0 Å². The number of aliphatic hydroxyl groups is 2. The molecule has 3 aliphatic carbocycles. The lowest BCUT2D eigenvalue weighted by Gasteiger charge is -2.41. The van der Waals surface area contributed by atoms with Crippen LogP contribution in [-0.2, 0) is 0 Å². The standard InChI is InChI=1S/C10H15NO2/c12-9-4-1-5-7-3(4)2-6(10(7)13)11-8(5)9/h3-13H,1-2H2/t3-,4-,5-,6+,7-,8-,9+,10+/m0/s1. The first-order chi connectivity index (χ1) is 6.27. The first kappa shape index (κ1) is 7.21. The lowest BCUT2D eigenvalue weighted by molar-refractivity contribution is -0.0276. The molecule has 0 radical (unpaired) electrons. The van der Waals surface area contributed by atoms with Crippen LogP contribution in [0.4, 0.5) is 0 Å². The zero-order valence-electron chi connectivity index (χ0n) is 7.43. The summed E-state index contributed by atoms with van der Waals surface area (Å²) in [6.45, 7) is 0. The Morgan fingerprint density at radius 2 is 1.77 bits per heavy atom. The van der Waals surface area contributed by atoms with Gasteiger partial charge in [-0.15, -0.1) is 0 Å². The first-order valence-corrected chi connectivity index (χ1v) is 5.39. The van der Waals surface area contributed by atoms with Crippen molar-refractivity contribution >= 4 is 0 Å². The van der Waals surface area contributed by atoms with Crippen LogP contribution < -0.4 is 5.32 Å². The minimum absolute atomic E-state index is 0.122. The van der Waals surface area contributed by atoms with E-state index in [1.807, 2.05) is 0 Å². The molecule has 1 saturated heterocycles. The molecule has 8 atom stereocenters. The molecule has 4 rings (SSSR count). The van der Waals surface area contributed by atoms with E-state index >= 15 is 0 Å². The summed E-state index contributed by atoms with van der Waals surface area (Å²) in [5.41, 5.74) is 0. The summed E-state index contributed by atoms with van der Waals surface area (Å²) in [7, 11) is 0. The van der Waals surface area contributed by atoms with E-state index in [0.29, 0.717) is 29.7 Å². The SMILES string of the molecule is O[C@@H]1[C@H]2C[C@@H]3[C@@H]1N[C@@H]1C[C@@H]2[C@@H]3[C@@H]1O. The predicted octanol–water partition coefficient (Wildman–Crippen LogP) is -0.666. The molecule has 0 aromatic heterocycles. The third kappa shape index (κ3) is 0.602. The Morgan fingerprint density at radius 3 is 2.62 bits per heavy atom.